The molecule has 120 valence electrons. The number of carbonyl (C=O) groups is 2. The summed E-state index contributed by atoms with van der Waals surface area (Å²) in [5, 5.41) is 6.12. The molecule has 0 fully saturated rings. The van der Waals surface area contributed by atoms with Crippen LogP contribution in [0.25, 0.3) is 0 Å². The van der Waals surface area contributed by atoms with Gasteiger partial charge in [-0.3, -0.25) is 9.59 Å². The number of nitrogens with zero attached hydrogens (tertiary/aromatic N) is 1. The van der Waals surface area contributed by atoms with E-state index in [1.54, 1.807) is 24.3 Å². The normalized spacial score (nSPS) is 10.7. The minimum Gasteiger partial charge on any atom is -0.491 e. The largest absolute Gasteiger partial charge is 0.491 e. The van der Waals surface area contributed by atoms with Gasteiger partial charge in [-0.1, -0.05) is 0 Å². The molecule has 0 atom stereocenters. The maximum atomic E-state index is 11.4. The van der Waals surface area contributed by atoms with Gasteiger partial charge >= 0.3 is 11.8 Å². The molecule has 0 aromatic heterocycles. The molecule has 0 saturated carbocycles. The lowest BCUT2D eigenvalue weighted by Gasteiger charge is -2.09. The Kier molecular flexibility index (Phi) is 7.63. The molecule has 0 saturated heterocycles. The third-order valence-electron chi connectivity index (χ3n) is 2.43. The molecule has 0 heterocycles. The van der Waals surface area contributed by atoms with Gasteiger partial charge in [0.1, 0.15) is 5.75 Å². The van der Waals surface area contributed by atoms with Gasteiger partial charge in [-0.25, -0.2) is 5.43 Å². The van der Waals surface area contributed by atoms with Gasteiger partial charge in [-0.05, 0) is 43.7 Å². The molecule has 2 amide bonds. The van der Waals surface area contributed by atoms with Crippen LogP contribution in [0.4, 0.5) is 0 Å². The molecule has 0 aliphatic carbocycles. The number of ether oxygens (including phenoxy) is 2. The van der Waals surface area contributed by atoms with Crippen molar-refractivity contribution in [3.63, 3.8) is 0 Å². The van der Waals surface area contributed by atoms with E-state index in [4.69, 9.17) is 9.47 Å². The van der Waals surface area contributed by atoms with Gasteiger partial charge < -0.3 is 14.8 Å². The van der Waals surface area contributed by atoms with Crippen molar-refractivity contribution < 1.29 is 19.1 Å². The second-order valence-corrected chi connectivity index (χ2v) is 4.68. The fraction of sp³-hybridized carbons (Fsp3) is 0.400. The molecule has 22 heavy (non-hydrogen) atoms. The van der Waals surface area contributed by atoms with Gasteiger partial charge in [-0.2, -0.15) is 5.10 Å². The fourth-order valence-corrected chi connectivity index (χ4v) is 1.47. The first kappa shape index (κ1) is 17.6. The lowest BCUT2D eigenvalue weighted by atomic mass is 10.2. The number of hydrazone groups is 1. The third-order valence-corrected chi connectivity index (χ3v) is 2.43. The van der Waals surface area contributed by atoms with Crippen LogP contribution in [0.15, 0.2) is 29.4 Å². The summed E-state index contributed by atoms with van der Waals surface area (Å²) < 4.78 is 10.3. The topological polar surface area (TPSA) is 89.0 Å². The SMILES string of the molecule is COCCNC(=O)C(=O)N/N=C\c1ccc(OC(C)C)cc1. The number of methoxy groups -OCH3 is 1. The van der Waals surface area contributed by atoms with Gasteiger partial charge in [0.05, 0.1) is 18.9 Å². The number of carbonyl (C=O) groups excluding carboxylic acids is 2. The molecule has 1 rings (SSSR count). The Morgan fingerprint density at radius 1 is 1.23 bits per heavy atom. The van der Waals surface area contributed by atoms with Gasteiger partial charge in [0.2, 0.25) is 0 Å². The zero-order valence-electron chi connectivity index (χ0n) is 13.0. The van der Waals surface area contributed by atoms with E-state index in [0.717, 1.165) is 11.3 Å². The molecule has 0 aliphatic rings. The maximum Gasteiger partial charge on any atom is 0.329 e. The minimum absolute atomic E-state index is 0.107. The number of benzene rings is 1. The number of hydrogen-bond acceptors (Lipinski definition) is 5. The summed E-state index contributed by atoms with van der Waals surface area (Å²) in [5.74, 6) is -0.823. The van der Waals surface area contributed by atoms with E-state index in [0.29, 0.717) is 6.61 Å². The van der Waals surface area contributed by atoms with Gasteiger partial charge in [0.25, 0.3) is 0 Å². The van der Waals surface area contributed by atoms with Crippen molar-refractivity contribution in [3.05, 3.63) is 29.8 Å². The average Bonchev–Trinajstić information content (AvgIpc) is 2.48. The monoisotopic (exact) mass is 307 g/mol. The number of hydrogen-bond donors (Lipinski definition) is 2. The fourth-order valence-electron chi connectivity index (χ4n) is 1.47. The van der Waals surface area contributed by atoms with Gasteiger partial charge in [0.15, 0.2) is 0 Å². The molecular weight excluding hydrogens is 286 g/mol. The van der Waals surface area contributed by atoms with E-state index in [9.17, 15) is 9.59 Å². The second kappa shape index (κ2) is 9.51. The zero-order valence-corrected chi connectivity index (χ0v) is 13.0. The Morgan fingerprint density at radius 2 is 1.91 bits per heavy atom. The van der Waals surface area contributed by atoms with Crippen molar-refractivity contribution in [2.45, 2.75) is 20.0 Å². The van der Waals surface area contributed by atoms with Crippen LogP contribution in [-0.2, 0) is 14.3 Å². The van der Waals surface area contributed by atoms with E-state index in [2.05, 4.69) is 15.8 Å². The molecule has 0 spiro atoms. The molecule has 0 unspecified atom stereocenters. The van der Waals surface area contributed by atoms with Crippen LogP contribution >= 0.6 is 0 Å². The zero-order chi connectivity index (χ0) is 16.4. The predicted molar refractivity (Wildman–Crippen MR) is 82.8 cm³/mol. The highest BCUT2D eigenvalue weighted by atomic mass is 16.5. The molecule has 0 radical (unpaired) electrons. The van der Waals surface area contributed by atoms with Gasteiger partial charge in [-0.15, -0.1) is 0 Å². The highest BCUT2D eigenvalue weighted by Gasteiger charge is 2.10. The Labute approximate surface area is 129 Å². The van der Waals surface area contributed by atoms with Gasteiger partial charge in [0, 0.05) is 13.7 Å². The van der Waals surface area contributed by atoms with Crippen molar-refractivity contribution >= 4 is 18.0 Å². The van der Waals surface area contributed by atoms with Crippen LogP contribution in [0.3, 0.4) is 0 Å². The quantitative estimate of drug-likeness (QED) is 0.336. The highest BCUT2D eigenvalue weighted by Crippen LogP contribution is 2.12. The van der Waals surface area contributed by atoms with Crippen molar-refractivity contribution in [1.82, 2.24) is 10.7 Å². The smallest absolute Gasteiger partial charge is 0.329 e. The number of rotatable bonds is 7. The Balaban J connectivity index is 2.41. The summed E-state index contributed by atoms with van der Waals surface area (Å²) in [7, 11) is 1.51. The molecule has 7 nitrogen and oxygen atoms in total. The first-order chi connectivity index (χ1) is 10.5. The Bertz CT molecular complexity index is 512. The van der Waals surface area contributed by atoms with Crippen LogP contribution < -0.4 is 15.5 Å². The molecule has 7 heteroatoms. The van der Waals surface area contributed by atoms with Crippen molar-refractivity contribution in [2.75, 3.05) is 20.3 Å². The first-order valence-corrected chi connectivity index (χ1v) is 6.90. The van der Waals surface area contributed by atoms with E-state index < -0.39 is 11.8 Å². The Morgan fingerprint density at radius 3 is 2.50 bits per heavy atom. The summed E-state index contributed by atoms with van der Waals surface area (Å²) in [4.78, 5) is 22.7. The van der Waals surface area contributed by atoms with Crippen molar-refractivity contribution in [2.24, 2.45) is 5.10 Å². The van der Waals surface area contributed by atoms with E-state index in [-0.39, 0.29) is 12.6 Å². The minimum atomic E-state index is -0.827. The lowest BCUT2D eigenvalue weighted by molar-refractivity contribution is -0.139. The van der Waals surface area contributed by atoms with Crippen LogP contribution in [0.2, 0.25) is 0 Å². The molecule has 0 aliphatic heterocycles. The lowest BCUT2D eigenvalue weighted by Crippen LogP contribution is -2.39. The summed E-state index contributed by atoms with van der Waals surface area (Å²) in [6, 6.07) is 7.21. The highest BCUT2D eigenvalue weighted by molar-refractivity contribution is 6.35. The number of amides is 2. The number of nitrogens with one attached hydrogen (secondary N) is 2. The van der Waals surface area contributed by atoms with Crippen LogP contribution in [0.1, 0.15) is 19.4 Å². The van der Waals surface area contributed by atoms with E-state index in [1.165, 1.54) is 13.3 Å². The molecule has 0 bridgehead atoms. The Hall–Kier alpha value is -2.41. The second-order valence-electron chi connectivity index (χ2n) is 4.68. The molecular formula is C15H21N3O4. The van der Waals surface area contributed by atoms with E-state index in [1.807, 2.05) is 13.8 Å². The van der Waals surface area contributed by atoms with Crippen molar-refractivity contribution in [1.29, 1.82) is 0 Å². The van der Waals surface area contributed by atoms with Crippen molar-refractivity contribution in [3.8, 4) is 5.75 Å². The first-order valence-electron chi connectivity index (χ1n) is 6.90. The van der Waals surface area contributed by atoms with E-state index >= 15 is 0 Å². The predicted octanol–water partition coefficient (Wildman–Crippen LogP) is 0.687. The maximum absolute atomic E-state index is 11.4. The molecule has 1 aromatic rings. The molecule has 1 aromatic carbocycles. The summed E-state index contributed by atoms with van der Waals surface area (Å²) >= 11 is 0. The summed E-state index contributed by atoms with van der Waals surface area (Å²) in [6.45, 7) is 4.50. The standard InChI is InChI=1S/C15H21N3O4/c1-11(2)22-13-6-4-12(5-7-13)10-17-18-15(20)14(19)16-8-9-21-3/h4-7,10-11H,8-9H2,1-3H3,(H,16,19)(H,18,20)/b17-10-. The third kappa shape index (κ3) is 6.85. The van der Waals surface area contributed by atoms with Crippen LogP contribution in [-0.4, -0.2) is 44.4 Å². The summed E-state index contributed by atoms with van der Waals surface area (Å²) in [6.07, 6.45) is 1.55. The average molecular weight is 307 g/mol. The summed E-state index contributed by atoms with van der Waals surface area (Å²) in [5.41, 5.74) is 2.93. The van der Waals surface area contributed by atoms with Crippen LogP contribution in [0.5, 0.6) is 5.75 Å². The molecule has 2 N–H and O–H groups in total. The van der Waals surface area contributed by atoms with Crippen LogP contribution in [0, 0.1) is 0 Å².